The van der Waals surface area contributed by atoms with E-state index in [-0.39, 0.29) is 23.8 Å². The fourth-order valence-corrected chi connectivity index (χ4v) is 4.52. The number of anilines is 1. The highest BCUT2D eigenvalue weighted by molar-refractivity contribution is 6.08. The van der Waals surface area contributed by atoms with Crippen LogP contribution in [-0.4, -0.2) is 47.1 Å². The summed E-state index contributed by atoms with van der Waals surface area (Å²) in [4.78, 5) is 18.6. The minimum atomic E-state index is -1.05. The first-order valence-corrected chi connectivity index (χ1v) is 11.6. The van der Waals surface area contributed by atoms with Crippen LogP contribution in [0.1, 0.15) is 62.0 Å². The summed E-state index contributed by atoms with van der Waals surface area (Å²) in [6, 6.07) is 11.5. The number of piperidine rings is 1. The van der Waals surface area contributed by atoms with Gasteiger partial charge in [0.2, 0.25) is 5.82 Å². The molecule has 0 radical (unpaired) electrons. The number of carboxylic acids is 1. The molecule has 2 aromatic rings. The summed E-state index contributed by atoms with van der Waals surface area (Å²) < 4.78 is 6.00. The van der Waals surface area contributed by atoms with Gasteiger partial charge < -0.3 is 20.2 Å². The van der Waals surface area contributed by atoms with Gasteiger partial charge in [-0.15, -0.1) is 0 Å². The number of benzene rings is 1. The lowest BCUT2D eigenvalue weighted by Crippen LogP contribution is -2.72. The maximum Gasteiger partial charge on any atom is 0.354 e. The van der Waals surface area contributed by atoms with Crippen molar-refractivity contribution in [3.63, 3.8) is 0 Å². The summed E-state index contributed by atoms with van der Waals surface area (Å²) in [7, 11) is 0. The molecule has 7 nitrogen and oxygen atoms in total. The summed E-state index contributed by atoms with van der Waals surface area (Å²) in [5, 5.41) is 20.7. The minimum Gasteiger partial charge on any atom is -0.477 e. The average molecular weight is 438 g/mol. The lowest BCUT2D eigenvalue weighted by molar-refractivity contribution is -0.483. The minimum absolute atomic E-state index is 0.0212. The number of nitrogens with one attached hydrogen (secondary N) is 1. The number of para-hydroxylation sites is 1. The van der Waals surface area contributed by atoms with Crippen molar-refractivity contribution in [2.24, 2.45) is 5.92 Å². The molecule has 1 aromatic heterocycles. The Balaban J connectivity index is 1.73. The summed E-state index contributed by atoms with van der Waals surface area (Å²) in [5.41, 5.74) is 3.15. The molecule has 2 heterocycles. The number of rotatable bonds is 8. The van der Waals surface area contributed by atoms with Crippen LogP contribution in [0.25, 0.3) is 0 Å². The van der Waals surface area contributed by atoms with Gasteiger partial charge in [0.25, 0.3) is 0 Å². The highest BCUT2D eigenvalue weighted by Gasteiger charge is 2.33. The highest BCUT2D eigenvalue weighted by atomic mass is 16.5. The molecule has 0 amide bonds. The second kappa shape index (κ2) is 9.79. The second-order valence-corrected chi connectivity index (χ2v) is 9.06. The molecule has 1 aliphatic heterocycles. The van der Waals surface area contributed by atoms with E-state index in [4.69, 9.17) is 10.1 Å². The van der Waals surface area contributed by atoms with Crippen LogP contribution >= 0.6 is 0 Å². The molecular weight excluding hydrogens is 404 g/mol. The Kier molecular flexibility index (Phi) is 6.86. The van der Waals surface area contributed by atoms with Crippen molar-refractivity contribution in [1.29, 1.82) is 5.41 Å². The third-order valence-electron chi connectivity index (χ3n) is 6.38. The number of carboxylic acid groups (broad SMARTS) is 1. The smallest absolute Gasteiger partial charge is 0.354 e. The van der Waals surface area contributed by atoms with Crippen LogP contribution in [-0.2, 0) is 4.74 Å². The van der Waals surface area contributed by atoms with Gasteiger partial charge in [-0.2, -0.15) is 4.98 Å². The van der Waals surface area contributed by atoms with E-state index in [0.29, 0.717) is 11.5 Å². The number of ether oxygens (including phenoxy) is 1. The molecule has 0 spiro atoms. The maximum absolute atomic E-state index is 11.9. The first-order valence-electron chi connectivity index (χ1n) is 11.6. The number of carbonyl (C=O) groups is 1. The molecule has 0 atom stereocenters. The van der Waals surface area contributed by atoms with Crippen molar-refractivity contribution < 1.29 is 20.0 Å². The largest absolute Gasteiger partial charge is 0.477 e. The molecule has 1 saturated heterocycles. The first kappa shape index (κ1) is 22.4. The summed E-state index contributed by atoms with van der Waals surface area (Å²) in [5.74, 6) is -0.256. The Bertz CT molecular complexity index is 965. The van der Waals surface area contributed by atoms with Crippen LogP contribution in [0.2, 0.25) is 0 Å². The number of quaternary nitrogens is 1. The molecule has 2 fully saturated rings. The molecule has 7 heteroatoms. The van der Waals surface area contributed by atoms with Gasteiger partial charge in [0, 0.05) is 19.0 Å². The molecule has 170 valence electrons. The number of nitrogens with two attached hydrogens (primary N) is 1. The van der Waals surface area contributed by atoms with Crippen LogP contribution in [0.5, 0.6) is 0 Å². The van der Waals surface area contributed by atoms with Gasteiger partial charge in [-0.05, 0) is 57.7 Å². The zero-order chi connectivity index (χ0) is 22.7. The number of nitrogens with zero attached hydrogens (tertiary/aromatic N) is 2. The second-order valence-electron chi connectivity index (χ2n) is 9.06. The highest BCUT2D eigenvalue weighted by Crippen LogP contribution is 2.36. The standard InChI is InChI=1S/C25H32N4O3/c1-16(2)32-19-11-13-29(14-12-19)21-15-20(25(30)31)28-24(27-18-9-4-3-5-10-18)22(21)23(26)17-7-6-8-17/h3-5,9-10,15-17,19,26H,6-8,11-14H2,1-2H3,(H,27,28)(H,30,31)/p+1. The van der Waals surface area contributed by atoms with Gasteiger partial charge in [-0.1, -0.05) is 24.6 Å². The molecular formula is C25H33N4O3+. The predicted octanol–water partition coefficient (Wildman–Crippen LogP) is 3.87. The maximum atomic E-state index is 11.9. The van der Waals surface area contributed by atoms with E-state index in [1.807, 2.05) is 35.6 Å². The summed E-state index contributed by atoms with van der Waals surface area (Å²) >= 11 is 0. The van der Waals surface area contributed by atoms with Gasteiger partial charge in [-0.3, -0.25) is 5.32 Å². The third kappa shape index (κ3) is 5.00. The fourth-order valence-electron chi connectivity index (χ4n) is 4.52. The number of aromatic carboxylic acids is 1. The molecule has 4 N–H and O–H groups in total. The Hall–Kier alpha value is -2.77. The van der Waals surface area contributed by atoms with Gasteiger partial charge in [-0.25, -0.2) is 4.79 Å². The Morgan fingerprint density at radius 3 is 2.44 bits per heavy atom. The van der Waals surface area contributed by atoms with E-state index in [1.165, 1.54) is 0 Å². The molecule has 32 heavy (non-hydrogen) atoms. The van der Waals surface area contributed by atoms with E-state index >= 15 is 0 Å². The van der Waals surface area contributed by atoms with Crippen LogP contribution in [0.4, 0.5) is 17.2 Å². The normalized spacial score (nSPS) is 17.4. The average Bonchev–Trinajstić information content (AvgIpc) is 2.72. The lowest BCUT2D eigenvalue weighted by atomic mass is 9.79. The summed E-state index contributed by atoms with van der Waals surface area (Å²) in [6.07, 6.45) is 5.34. The van der Waals surface area contributed by atoms with Crippen LogP contribution in [0.3, 0.4) is 0 Å². The Morgan fingerprint density at radius 1 is 1.19 bits per heavy atom. The number of hydrogen-bond acceptors (Lipinski definition) is 5. The van der Waals surface area contributed by atoms with Gasteiger partial charge in [0.15, 0.2) is 5.69 Å². The van der Waals surface area contributed by atoms with Gasteiger partial charge in [0.1, 0.15) is 11.3 Å². The number of pyridine rings is 1. The molecule has 0 unspecified atom stereocenters. The van der Waals surface area contributed by atoms with E-state index in [0.717, 1.165) is 62.1 Å². The zero-order valence-electron chi connectivity index (χ0n) is 18.9. The topological polar surface area (TPSA) is 103 Å². The van der Waals surface area contributed by atoms with Gasteiger partial charge >= 0.3 is 5.97 Å². The van der Waals surface area contributed by atoms with Crippen molar-refractivity contribution in [2.75, 3.05) is 18.0 Å². The molecule has 1 aliphatic carbocycles. The first-order chi connectivity index (χ1) is 15.4. The molecule has 1 aromatic carbocycles. The third-order valence-corrected chi connectivity index (χ3v) is 6.38. The van der Waals surface area contributed by atoms with E-state index < -0.39 is 5.97 Å². The van der Waals surface area contributed by atoms with Crippen molar-refractivity contribution in [2.45, 2.75) is 58.2 Å². The quantitative estimate of drug-likeness (QED) is 0.430. The van der Waals surface area contributed by atoms with Crippen LogP contribution in [0, 0.1) is 11.3 Å². The van der Waals surface area contributed by atoms with E-state index in [2.05, 4.69) is 23.7 Å². The molecule has 2 aliphatic rings. The van der Waals surface area contributed by atoms with E-state index in [9.17, 15) is 9.90 Å². The molecule has 0 bridgehead atoms. The predicted molar refractivity (Wildman–Crippen MR) is 125 cm³/mol. The van der Waals surface area contributed by atoms with Crippen LogP contribution < -0.4 is 10.2 Å². The van der Waals surface area contributed by atoms with Crippen molar-refractivity contribution in [1.82, 2.24) is 4.98 Å². The van der Waals surface area contributed by atoms with Crippen molar-refractivity contribution in [3.8, 4) is 0 Å². The Labute approximate surface area is 189 Å². The Morgan fingerprint density at radius 2 is 1.88 bits per heavy atom. The van der Waals surface area contributed by atoms with Crippen molar-refractivity contribution >= 4 is 28.9 Å². The fraction of sp³-hybridized carbons (Fsp3) is 0.480. The molecule has 1 saturated carbocycles. The monoisotopic (exact) mass is 437 g/mol. The summed E-state index contributed by atoms with van der Waals surface area (Å²) in [6.45, 7) is 5.66. The van der Waals surface area contributed by atoms with Crippen molar-refractivity contribution in [3.05, 3.63) is 47.7 Å². The van der Waals surface area contributed by atoms with Gasteiger partial charge in [0.05, 0.1) is 23.6 Å². The zero-order valence-corrected chi connectivity index (χ0v) is 18.9. The lowest BCUT2D eigenvalue weighted by Gasteiger charge is -2.36. The molecule has 4 rings (SSSR count). The number of hydrogen-bond donors (Lipinski definition) is 3. The number of aromatic nitrogens is 1. The van der Waals surface area contributed by atoms with E-state index in [1.54, 1.807) is 6.07 Å². The van der Waals surface area contributed by atoms with Crippen LogP contribution in [0.15, 0.2) is 36.4 Å². The SMILES string of the molecule is CC(C)OC1CCN(c2cc(C(=O)O)nc([NH2+]c3ccccc3)c2C(=N)C2CCC2)CC1.